The number of rotatable bonds is 8. The van der Waals surface area contributed by atoms with Crippen molar-refractivity contribution in [2.75, 3.05) is 31.7 Å². The summed E-state index contributed by atoms with van der Waals surface area (Å²) in [6.07, 6.45) is -2.59. The van der Waals surface area contributed by atoms with Crippen LogP contribution in [-0.4, -0.2) is 41.0 Å². The fourth-order valence-corrected chi connectivity index (χ4v) is 4.53. The van der Waals surface area contributed by atoms with Gasteiger partial charge in [0.15, 0.2) is 0 Å². The molecule has 1 heterocycles. The molecule has 0 saturated carbocycles. The average Bonchev–Trinajstić information content (AvgIpc) is 3.28. The number of nitrogens with zero attached hydrogens (tertiary/aromatic N) is 3. The van der Waals surface area contributed by atoms with Crippen LogP contribution in [-0.2, 0) is 23.8 Å². The van der Waals surface area contributed by atoms with Gasteiger partial charge in [0, 0.05) is 5.69 Å². The summed E-state index contributed by atoms with van der Waals surface area (Å²) in [5, 5.41) is 2.55. The summed E-state index contributed by atoms with van der Waals surface area (Å²) in [6, 6.07) is 14.9. The Kier molecular flexibility index (Phi) is 7.73. The molecule has 0 atom stereocenters. The van der Waals surface area contributed by atoms with Crippen molar-refractivity contribution >= 4 is 28.3 Å². The largest absolute Gasteiger partial charge is 0.421 e. The van der Waals surface area contributed by atoms with Crippen LogP contribution < -0.4 is 11.1 Å². The highest BCUT2D eigenvalue weighted by Gasteiger charge is 2.39. The van der Waals surface area contributed by atoms with Gasteiger partial charge < -0.3 is 16.0 Å². The fraction of sp³-hybridized carbons (Fsp3) is 0.286. The third-order valence-electron chi connectivity index (χ3n) is 6.45. The van der Waals surface area contributed by atoms with Gasteiger partial charge in [-0.25, -0.2) is 9.37 Å². The first kappa shape index (κ1) is 27.1. The van der Waals surface area contributed by atoms with Crippen LogP contribution in [0.3, 0.4) is 0 Å². The van der Waals surface area contributed by atoms with Gasteiger partial charge in [-0.05, 0) is 81.4 Å². The molecule has 0 aliphatic rings. The second-order valence-corrected chi connectivity index (χ2v) is 9.48. The number of nitrogen functional groups attached to an aromatic ring is 1. The molecule has 0 aliphatic carbocycles. The maximum Gasteiger partial charge on any atom is 0.421 e. The molecule has 3 N–H and O–H groups in total. The molecule has 0 aliphatic heterocycles. The Labute approximate surface area is 218 Å². The smallest absolute Gasteiger partial charge is 0.396 e. The Hall–Kier alpha value is -3.92. The molecule has 0 radical (unpaired) electrons. The molecule has 200 valence electrons. The predicted octanol–water partition coefficient (Wildman–Crippen LogP) is 5.75. The molecule has 38 heavy (non-hydrogen) atoms. The number of benzene rings is 3. The predicted molar refractivity (Wildman–Crippen MR) is 141 cm³/mol. The van der Waals surface area contributed by atoms with Crippen molar-refractivity contribution in [1.29, 1.82) is 0 Å². The van der Waals surface area contributed by atoms with E-state index in [-0.39, 0.29) is 29.7 Å². The summed E-state index contributed by atoms with van der Waals surface area (Å²) in [4.78, 5) is 19.2. The number of para-hydroxylation sites is 2. The number of nitrogens with two attached hydrogens (primary N) is 1. The number of fused-ring (bicyclic) bond motifs is 1. The lowest BCUT2D eigenvalue weighted by molar-refractivity contribution is -0.139. The van der Waals surface area contributed by atoms with Gasteiger partial charge in [-0.1, -0.05) is 24.3 Å². The van der Waals surface area contributed by atoms with Crippen LogP contribution in [0, 0.1) is 12.7 Å². The van der Waals surface area contributed by atoms with Gasteiger partial charge in [-0.2, -0.15) is 13.2 Å². The highest BCUT2D eigenvalue weighted by Crippen LogP contribution is 2.43. The van der Waals surface area contributed by atoms with Gasteiger partial charge in [0.1, 0.15) is 17.7 Å². The minimum absolute atomic E-state index is 0.0979. The number of nitrogens with one attached hydrogen (secondary N) is 1. The average molecular weight is 528 g/mol. The maximum atomic E-state index is 14.8. The van der Waals surface area contributed by atoms with Gasteiger partial charge >= 0.3 is 6.18 Å². The van der Waals surface area contributed by atoms with E-state index in [4.69, 9.17) is 5.73 Å². The Balaban J connectivity index is 1.59. The second kappa shape index (κ2) is 10.8. The fourth-order valence-electron chi connectivity index (χ4n) is 4.53. The number of hydrogen-bond acceptors (Lipinski definition) is 4. The highest BCUT2D eigenvalue weighted by atomic mass is 19.4. The van der Waals surface area contributed by atoms with Crippen molar-refractivity contribution in [2.45, 2.75) is 32.4 Å². The minimum Gasteiger partial charge on any atom is -0.396 e. The number of anilines is 2. The number of carbonyl (C=O) groups is 1. The molecule has 3 aromatic carbocycles. The number of amides is 1. The van der Waals surface area contributed by atoms with Crippen molar-refractivity contribution < 1.29 is 22.4 Å². The van der Waals surface area contributed by atoms with Crippen LogP contribution in [0.2, 0.25) is 0 Å². The zero-order valence-electron chi connectivity index (χ0n) is 21.4. The molecule has 0 saturated heterocycles. The van der Waals surface area contributed by atoms with E-state index in [1.807, 2.05) is 60.0 Å². The molecular formula is C28H29F4N5O. The molecule has 1 aromatic heterocycles. The SMILES string of the molecule is Cc1c(F)c(C(F)(F)F)c(N)c(NC(=O)Cc2ccc(-n3cnc4ccccc43)cc2)c1CCCN(C)C. The van der Waals surface area contributed by atoms with Crippen LogP contribution >= 0.6 is 0 Å². The van der Waals surface area contributed by atoms with E-state index in [0.29, 0.717) is 18.5 Å². The second-order valence-electron chi connectivity index (χ2n) is 9.48. The van der Waals surface area contributed by atoms with E-state index < -0.39 is 29.2 Å². The van der Waals surface area contributed by atoms with Crippen molar-refractivity contribution in [3.8, 4) is 5.69 Å². The van der Waals surface area contributed by atoms with Crippen LogP contribution in [0.15, 0.2) is 54.9 Å². The summed E-state index contributed by atoms with van der Waals surface area (Å²) < 4.78 is 57.7. The number of carbonyl (C=O) groups excluding carboxylic acids is 1. The molecule has 1 amide bonds. The quantitative estimate of drug-likeness (QED) is 0.226. The standard InChI is InChI=1S/C28H29F4N5O/c1-17-20(7-6-14-36(2)3)27(26(33)24(25(17)29)28(30,31)32)35-23(38)15-18-10-12-19(13-11-18)37-16-34-21-8-4-5-9-22(21)37/h4-5,8-13,16H,6-7,14-15,33H2,1-3H3,(H,35,38). The number of aromatic nitrogens is 2. The Morgan fingerprint density at radius 3 is 2.45 bits per heavy atom. The lowest BCUT2D eigenvalue weighted by Gasteiger charge is -2.22. The third kappa shape index (κ3) is 5.65. The van der Waals surface area contributed by atoms with Crippen LogP contribution in [0.25, 0.3) is 16.7 Å². The summed E-state index contributed by atoms with van der Waals surface area (Å²) in [5.41, 5.74) is 6.67. The van der Waals surface area contributed by atoms with Gasteiger partial charge in [-0.3, -0.25) is 9.36 Å². The van der Waals surface area contributed by atoms with E-state index >= 15 is 0 Å². The molecule has 0 fully saturated rings. The third-order valence-corrected chi connectivity index (χ3v) is 6.45. The van der Waals surface area contributed by atoms with Crippen molar-refractivity contribution in [1.82, 2.24) is 14.5 Å². The normalized spacial score (nSPS) is 11.9. The first-order valence-electron chi connectivity index (χ1n) is 12.1. The van der Waals surface area contributed by atoms with E-state index in [9.17, 15) is 22.4 Å². The maximum absolute atomic E-state index is 14.8. The van der Waals surface area contributed by atoms with Crippen molar-refractivity contribution in [3.63, 3.8) is 0 Å². The van der Waals surface area contributed by atoms with Gasteiger partial charge in [0.2, 0.25) is 5.91 Å². The zero-order valence-corrected chi connectivity index (χ0v) is 21.4. The first-order valence-corrected chi connectivity index (χ1v) is 12.1. The molecular weight excluding hydrogens is 498 g/mol. The van der Waals surface area contributed by atoms with E-state index in [1.54, 1.807) is 18.5 Å². The number of alkyl halides is 3. The van der Waals surface area contributed by atoms with Gasteiger partial charge in [0.05, 0.1) is 28.8 Å². The highest BCUT2D eigenvalue weighted by molar-refractivity contribution is 5.97. The van der Waals surface area contributed by atoms with Gasteiger partial charge in [-0.15, -0.1) is 0 Å². The zero-order chi connectivity index (χ0) is 27.6. The van der Waals surface area contributed by atoms with Crippen molar-refractivity contribution in [3.05, 3.63) is 82.9 Å². The van der Waals surface area contributed by atoms with Crippen LogP contribution in [0.4, 0.5) is 28.9 Å². The van der Waals surface area contributed by atoms with E-state index in [0.717, 1.165) is 16.7 Å². The Morgan fingerprint density at radius 1 is 1.11 bits per heavy atom. The van der Waals surface area contributed by atoms with Gasteiger partial charge in [0.25, 0.3) is 0 Å². The molecule has 0 unspecified atom stereocenters. The topological polar surface area (TPSA) is 76.2 Å². The lowest BCUT2D eigenvalue weighted by Crippen LogP contribution is -2.22. The molecule has 6 nitrogen and oxygen atoms in total. The summed E-state index contributed by atoms with van der Waals surface area (Å²) in [5.74, 6) is -1.96. The monoisotopic (exact) mass is 527 g/mol. The van der Waals surface area contributed by atoms with E-state index in [2.05, 4.69) is 10.3 Å². The summed E-state index contributed by atoms with van der Waals surface area (Å²) in [7, 11) is 3.72. The number of halogens is 4. The van der Waals surface area contributed by atoms with Crippen LogP contribution in [0.5, 0.6) is 0 Å². The van der Waals surface area contributed by atoms with E-state index in [1.165, 1.54) is 6.92 Å². The Morgan fingerprint density at radius 2 is 1.79 bits per heavy atom. The first-order chi connectivity index (χ1) is 18.0. The number of hydrogen-bond donors (Lipinski definition) is 2. The molecule has 0 spiro atoms. The summed E-state index contributed by atoms with van der Waals surface area (Å²) in [6.45, 7) is 1.91. The van der Waals surface area contributed by atoms with Crippen molar-refractivity contribution in [2.24, 2.45) is 0 Å². The van der Waals surface area contributed by atoms with Crippen LogP contribution in [0.1, 0.15) is 28.7 Å². The summed E-state index contributed by atoms with van der Waals surface area (Å²) >= 11 is 0. The minimum atomic E-state index is -5.01. The number of imidazole rings is 1. The lowest BCUT2D eigenvalue weighted by atomic mass is 9.95. The molecule has 10 heteroatoms. The molecule has 0 bridgehead atoms. The molecule has 4 aromatic rings. The Bertz CT molecular complexity index is 1460. The molecule has 4 rings (SSSR count).